The van der Waals surface area contributed by atoms with Crippen LogP contribution in [0.5, 0.6) is 5.75 Å². The number of aliphatic hydroxyl groups is 1. The number of rotatable bonds is 9. The van der Waals surface area contributed by atoms with Gasteiger partial charge in [-0.15, -0.1) is 0 Å². The number of benzene rings is 1. The summed E-state index contributed by atoms with van der Waals surface area (Å²) >= 11 is 0. The fourth-order valence-electron chi connectivity index (χ4n) is 4.14. The van der Waals surface area contributed by atoms with Crippen LogP contribution in [0.3, 0.4) is 0 Å². The van der Waals surface area contributed by atoms with E-state index in [1.165, 1.54) is 4.90 Å². The lowest BCUT2D eigenvalue weighted by Gasteiger charge is -2.26. The molecule has 7 nitrogen and oxygen atoms in total. The third-order valence-electron chi connectivity index (χ3n) is 5.94. The number of carbonyl (C=O) groups is 2. The summed E-state index contributed by atoms with van der Waals surface area (Å²) < 4.78 is 5.29. The first kappa shape index (κ1) is 23.5. The molecule has 2 heterocycles. The zero-order valence-electron chi connectivity index (χ0n) is 19.2. The number of aryl methyl sites for hydroxylation is 1. The number of likely N-dealkylation sites (tertiary alicyclic amines) is 1. The van der Waals surface area contributed by atoms with Gasteiger partial charge in [0.05, 0.1) is 18.4 Å². The monoisotopic (exact) mass is 437 g/mol. The predicted octanol–water partition coefficient (Wildman–Crippen LogP) is 3.55. The number of Topliss-reactive ketones (excluding diaryl/α,β-unsaturated/α-hetero) is 1. The molecule has 1 aromatic heterocycles. The van der Waals surface area contributed by atoms with Crippen molar-refractivity contribution in [2.24, 2.45) is 0 Å². The van der Waals surface area contributed by atoms with Crippen molar-refractivity contribution in [3.63, 3.8) is 0 Å². The average Bonchev–Trinajstić information content (AvgIpc) is 3.06. The fourth-order valence-corrected chi connectivity index (χ4v) is 4.14. The molecule has 1 saturated heterocycles. The maximum atomic E-state index is 13.1. The highest BCUT2D eigenvalue weighted by Crippen LogP contribution is 2.39. The Hall–Kier alpha value is -3.19. The summed E-state index contributed by atoms with van der Waals surface area (Å²) in [5.41, 5.74) is 1.91. The maximum Gasteiger partial charge on any atom is 0.295 e. The van der Waals surface area contributed by atoms with Crippen molar-refractivity contribution >= 4 is 17.4 Å². The molecule has 1 fully saturated rings. The van der Waals surface area contributed by atoms with E-state index in [1.807, 2.05) is 13.0 Å². The Morgan fingerprint density at radius 1 is 1.19 bits per heavy atom. The number of aromatic nitrogens is 1. The summed E-state index contributed by atoms with van der Waals surface area (Å²) in [4.78, 5) is 34.3. The lowest BCUT2D eigenvalue weighted by Crippen LogP contribution is -2.33. The summed E-state index contributed by atoms with van der Waals surface area (Å²) in [5.74, 6) is -0.808. The van der Waals surface area contributed by atoms with Gasteiger partial charge in [-0.1, -0.05) is 19.9 Å². The van der Waals surface area contributed by atoms with Crippen molar-refractivity contribution in [2.75, 3.05) is 33.3 Å². The third-order valence-corrected chi connectivity index (χ3v) is 5.94. The Balaban J connectivity index is 2.02. The fraction of sp³-hybridized carbons (Fsp3) is 0.400. The molecule has 0 radical (unpaired) electrons. The first-order valence-electron chi connectivity index (χ1n) is 11.0. The third kappa shape index (κ3) is 4.67. The van der Waals surface area contributed by atoms with Crippen LogP contribution < -0.4 is 4.74 Å². The highest BCUT2D eigenvalue weighted by atomic mass is 16.5. The zero-order chi connectivity index (χ0) is 23.3. The Labute approximate surface area is 189 Å². The molecule has 1 amide bonds. The molecule has 0 bridgehead atoms. The second-order valence-electron chi connectivity index (χ2n) is 7.81. The lowest BCUT2D eigenvalue weighted by molar-refractivity contribution is -0.140. The first-order chi connectivity index (χ1) is 15.4. The van der Waals surface area contributed by atoms with Crippen molar-refractivity contribution in [2.45, 2.75) is 33.2 Å². The van der Waals surface area contributed by atoms with Crippen LogP contribution in [0.15, 0.2) is 48.2 Å². The lowest BCUT2D eigenvalue weighted by atomic mass is 9.97. The van der Waals surface area contributed by atoms with Gasteiger partial charge in [-0.3, -0.25) is 14.6 Å². The molecule has 3 rings (SSSR count). The minimum absolute atomic E-state index is 0.0705. The van der Waals surface area contributed by atoms with Gasteiger partial charge < -0.3 is 19.6 Å². The van der Waals surface area contributed by atoms with Crippen molar-refractivity contribution < 1.29 is 19.4 Å². The van der Waals surface area contributed by atoms with Gasteiger partial charge in [-0.05, 0) is 68.9 Å². The van der Waals surface area contributed by atoms with E-state index in [9.17, 15) is 14.7 Å². The molecule has 1 aromatic carbocycles. The van der Waals surface area contributed by atoms with E-state index >= 15 is 0 Å². The molecule has 170 valence electrons. The van der Waals surface area contributed by atoms with Gasteiger partial charge in [0.15, 0.2) is 0 Å². The quantitative estimate of drug-likeness (QED) is 0.367. The highest BCUT2D eigenvalue weighted by molar-refractivity contribution is 6.46. The molecule has 0 saturated carbocycles. The van der Waals surface area contributed by atoms with Crippen LogP contribution in [0, 0.1) is 6.92 Å². The SMILES string of the molecule is CCN(CC)CCCN1C(=O)C(=O)C(=C(O)c2ccc(OC)c(C)c2)[C@@H]1c1ccccn1. The van der Waals surface area contributed by atoms with Crippen molar-refractivity contribution in [1.82, 2.24) is 14.8 Å². The number of ether oxygens (including phenoxy) is 1. The van der Waals surface area contributed by atoms with Crippen molar-refractivity contribution in [3.8, 4) is 5.75 Å². The summed E-state index contributed by atoms with van der Waals surface area (Å²) in [5, 5.41) is 11.1. The maximum absolute atomic E-state index is 13.1. The minimum Gasteiger partial charge on any atom is -0.507 e. The van der Waals surface area contributed by atoms with Crippen molar-refractivity contribution in [3.05, 3.63) is 65.0 Å². The smallest absolute Gasteiger partial charge is 0.295 e. The topological polar surface area (TPSA) is 83.0 Å². The molecule has 7 heteroatoms. The molecule has 0 spiro atoms. The zero-order valence-corrected chi connectivity index (χ0v) is 19.2. The van der Waals surface area contributed by atoms with Gasteiger partial charge in [-0.2, -0.15) is 0 Å². The summed E-state index contributed by atoms with van der Waals surface area (Å²) in [6.07, 6.45) is 2.35. The number of ketones is 1. The molecule has 0 unspecified atom stereocenters. The number of methoxy groups -OCH3 is 1. The number of aliphatic hydroxyl groups excluding tert-OH is 1. The van der Waals surface area contributed by atoms with Crippen LogP contribution in [0.25, 0.3) is 5.76 Å². The Bertz CT molecular complexity index is 1000. The molecule has 1 aliphatic heterocycles. The molecule has 1 atom stereocenters. The number of amides is 1. The molecular formula is C25H31N3O4. The second kappa shape index (κ2) is 10.4. The molecule has 1 N–H and O–H groups in total. The van der Waals surface area contributed by atoms with E-state index in [2.05, 4.69) is 23.7 Å². The summed E-state index contributed by atoms with van der Waals surface area (Å²) in [6.45, 7) is 9.13. The van der Waals surface area contributed by atoms with Gasteiger partial charge in [0.1, 0.15) is 17.6 Å². The molecule has 0 aliphatic carbocycles. The Kier molecular flexibility index (Phi) is 7.64. The number of carbonyl (C=O) groups excluding carboxylic acids is 2. The first-order valence-corrected chi connectivity index (χ1v) is 11.0. The largest absolute Gasteiger partial charge is 0.507 e. The standard InChI is InChI=1S/C25H31N3O4/c1-5-27(6-2)14-9-15-28-22(19-10-7-8-13-26-19)21(24(30)25(28)31)23(29)18-11-12-20(32-4)17(3)16-18/h7-8,10-13,16,22,29H,5-6,9,14-15H2,1-4H3/t22-/m0/s1. The Morgan fingerprint density at radius 3 is 2.53 bits per heavy atom. The van der Waals surface area contributed by atoms with Crippen LogP contribution in [-0.2, 0) is 9.59 Å². The molecule has 2 aromatic rings. The van der Waals surface area contributed by atoms with E-state index in [1.54, 1.807) is 43.6 Å². The van der Waals surface area contributed by atoms with Crippen LogP contribution in [0.4, 0.5) is 0 Å². The molecular weight excluding hydrogens is 406 g/mol. The normalized spacial score (nSPS) is 17.9. The van der Waals surface area contributed by atoms with E-state index in [0.29, 0.717) is 23.6 Å². The van der Waals surface area contributed by atoms with Gasteiger partial charge >= 0.3 is 0 Å². The number of hydrogen-bond acceptors (Lipinski definition) is 6. The number of pyridine rings is 1. The summed E-state index contributed by atoms with van der Waals surface area (Å²) in [7, 11) is 1.58. The second-order valence-corrected chi connectivity index (χ2v) is 7.81. The Morgan fingerprint density at radius 2 is 1.94 bits per heavy atom. The van der Waals surface area contributed by atoms with Gasteiger partial charge in [0, 0.05) is 18.3 Å². The van der Waals surface area contributed by atoms with Crippen LogP contribution in [0.1, 0.15) is 43.1 Å². The van der Waals surface area contributed by atoms with Crippen molar-refractivity contribution in [1.29, 1.82) is 0 Å². The highest BCUT2D eigenvalue weighted by Gasteiger charge is 2.46. The van der Waals surface area contributed by atoms with Gasteiger partial charge in [0.25, 0.3) is 11.7 Å². The summed E-state index contributed by atoms with van der Waals surface area (Å²) in [6, 6.07) is 9.82. The van der Waals surface area contributed by atoms with E-state index in [4.69, 9.17) is 4.74 Å². The minimum atomic E-state index is -0.727. The van der Waals surface area contributed by atoms with Gasteiger partial charge in [0.2, 0.25) is 0 Å². The number of hydrogen-bond donors (Lipinski definition) is 1. The van der Waals surface area contributed by atoms with Crippen LogP contribution >= 0.6 is 0 Å². The van der Waals surface area contributed by atoms with E-state index in [-0.39, 0.29) is 11.3 Å². The average molecular weight is 438 g/mol. The predicted molar refractivity (Wildman–Crippen MR) is 123 cm³/mol. The van der Waals surface area contributed by atoms with E-state index < -0.39 is 17.7 Å². The van der Waals surface area contributed by atoms with Crippen LogP contribution in [0.2, 0.25) is 0 Å². The molecule has 32 heavy (non-hydrogen) atoms. The van der Waals surface area contributed by atoms with Crippen LogP contribution in [-0.4, -0.2) is 64.9 Å². The molecule has 1 aliphatic rings. The van der Waals surface area contributed by atoms with Gasteiger partial charge in [-0.25, -0.2) is 0 Å². The number of nitrogens with zero attached hydrogens (tertiary/aromatic N) is 3. The van der Waals surface area contributed by atoms with E-state index in [0.717, 1.165) is 31.6 Å².